The molecule has 0 aliphatic heterocycles. The molecule has 6 nitrogen and oxygen atoms in total. The first kappa shape index (κ1) is 17.0. The lowest BCUT2D eigenvalue weighted by atomic mass is 10.2. The van der Waals surface area contributed by atoms with Crippen molar-refractivity contribution in [3.8, 4) is 0 Å². The van der Waals surface area contributed by atoms with E-state index in [1.54, 1.807) is 42.5 Å². The molecule has 3 rings (SSSR count). The van der Waals surface area contributed by atoms with Gasteiger partial charge in [-0.1, -0.05) is 29.8 Å². The van der Waals surface area contributed by atoms with E-state index in [0.717, 1.165) is 5.56 Å². The van der Waals surface area contributed by atoms with Gasteiger partial charge in [-0.15, -0.1) is 0 Å². The van der Waals surface area contributed by atoms with Gasteiger partial charge in [-0.25, -0.2) is 4.79 Å². The molecule has 128 valence electrons. The number of carbonyl (C=O) groups is 1. The topological polar surface area (TPSA) is 84.0 Å². The predicted molar refractivity (Wildman–Crippen MR) is 98.3 cm³/mol. The van der Waals surface area contributed by atoms with Crippen molar-refractivity contribution in [2.75, 3.05) is 5.32 Å². The van der Waals surface area contributed by atoms with Crippen LogP contribution in [0.25, 0.3) is 10.9 Å². The number of fused-ring (bicyclic) bond motifs is 1. The predicted octanol–water partition coefficient (Wildman–Crippen LogP) is 2.68. The molecule has 0 atom stereocenters. The number of anilines is 1. The molecule has 2 N–H and O–H groups in total. The standard InChI is InChI=1S/C18H16ClN3O3/c1-11-13(19)6-4-7-14(11)20-16(23)9-10-22-15-8-3-2-5-12(15)17(24)21-18(22)25/h2-8H,9-10H2,1H3,(H,20,23)(H,21,24,25). The molecular weight excluding hydrogens is 342 g/mol. The number of para-hydroxylation sites is 1. The second-order valence-corrected chi connectivity index (χ2v) is 6.05. The molecule has 0 unspecified atom stereocenters. The number of hydrogen-bond acceptors (Lipinski definition) is 3. The monoisotopic (exact) mass is 357 g/mol. The Balaban J connectivity index is 1.81. The minimum atomic E-state index is -0.532. The molecule has 0 saturated heterocycles. The quantitative estimate of drug-likeness (QED) is 0.753. The maximum atomic E-state index is 12.2. The normalized spacial score (nSPS) is 10.8. The van der Waals surface area contributed by atoms with Gasteiger partial charge in [0, 0.05) is 23.7 Å². The lowest BCUT2D eigenvalue weighted by Gasteiger charge is -2.11. The van der Waals surface area contributed by atoms with Crippen LogP contribution in [0.1, 0.15) is 12.0 Å². The van der Waals surface area contributed by atoms with E-state index >= 15 is 0 Å². The molecule has 0 fully saturated rings. The number of H-pyrrole nitrogens is 1. The van der Waals surface area contributed by atoms with E-state index in [2.05, 4.69) is 10.3 Å². The number of halogens is 1. The van der Waals surface area contributed by atoms with Gasteiger partial charge in [0.25, 0.3) is 5.56 Å². The summed E-state index contributed by atoms with van der Waals surface area (Å²) in [6, 6.07) is 12.1. The molecule has 7 heteroatoms. The molecule has 2 aromatic carbocycles. The maximum Gasteiger partial charge on any atom is 0.328 e. The fourth-order valence-corrected chi connectivity index (χ4v) is 2.81. The summed E-state index contributed by atoms with van der Waals surface area (Å²) < 4.78 is 1.39. The van der Waals surface area contributed by atoms with Crippen LogP contribution >= 0.6 is 11.6 Å². The molecule has 0 radical (unpaired) electrons. The van der Waals surface area contributed by atoms with Gasteiger partial charge in [0.1, 0.15) is 0 Å². The van der Waals surface area contributed by atoms with Gasteiger partial charge in [-0.3, -0.25) is 19.1 Å². The Labute approximate surface area is 148 Å². The fraction of sp³-hybridized carbons (Fsp3) is 0.167. The molecule has 25 heavy (non-hydrogen) atoms. The van der Waals surface area contributed by atoms with Gasteiger partial charge in [0.05, 0.1) is 10.9 Å². The molecule has 0 aliphatic rings. The minimum absolute atomic E-state index is 0.0852. The Morgan fingerprint density at radius 3 is 2.72 bits per heavy atom. The van der Waals surface area contributed by atoms with E-state index in [1.807, 2.05) is 6.92 Å². The van der Waals surface area contributed by atoms with Crippen molar-refractivity contribution in [2.45, 2.75) is 19.9 Å². The second kappa shape index (κ2) is 6.94. The summed E-state index contributed by atoms with van der Waals surface area (Å²) in [7, 11) is 0. The van der Waals surface area contributed by atoms with Crippen molar-refractivity contribution in [3.05, 3.63) is 73.9 Å². The van der Waals surface area contributed by atoms with Crippen LogP contribution in [0.3, 0.4) is 0 Å². The fourth-order valence-electron chi connectivity index (χ4n) is 2.63. The Morgan fingerprint density at radius 1 is 1.16 bits per heavy atom. The highest BCUT2D eigenvalue weighted by molar-refractivity contribution is 6.31. The summed E-state index contributed by atoms with van der Waals surface area (Å²) in [4.78, 5) is 38.4. The molecule has 1 heterocycles. The van der Waals surface area contributed by atoms with Crippen molar-refractivity contribution >= 4 is 34.1 Å². The van der Waals surface area contributed by atoms with Gasteiger partial charge in [0.2, 0.25) is 5.91 Å². The number of aromatic nitrogens is 2. The van der Waals surface area contributed by atoms with Crippen LogP contribution in [-0.2, 0) is 11.3 Å². The summed E-state index contributed by atoms with van der Waals surface area (Å²) in [5, 5.41) is 3.77. The largest absolute Gasteiger partial charge is 0.328 e. The maximum absolute atomic E-state index is 12.2. The summed E-state index contributed by atoms with van der Waals surface area (Å²) in [5.41, 5.74) is 0.953. The molecular formula is C18H16ClN3O3. The van der Waals surface area contributed by atoms with Crippen molar-refractivity contribution in [3.63, 3.8) is 0 Å². The zero-order valence-electron chi connectivity index (χ0n) is 13.5. The third-order valence-electron chi connectivity index (χ3n) is 4.01. The third-order valence-corrected chi connectivity index (χ3v) is 4.42. The van der Waals surface area contributed by atoms with E-state index in [9.17, 15) is 14.4 Å². The van der Waals surface area contributed by atoms with E-state index in [4.69, 9.17) is 11.6 Å². The van der Waals surface area contributed by atoms with E-state index in [1.165, 1.54) is 4.57 Å². The summed E-state index contributed by atoms with van der Waals surface area (Å²) in [5.74, 6) is -0.243. The van der Waals surface area contributed by atoms with Crippen molar-refractivity contribution in [1.29, 1.82) is 0 Å². The Bertz CT molecular complexity index is 1070. The van der Waals surface area contributed by atoms with Crippen molar-refractivity contribution < 1.29 is 4.79 Å². The lowest BCUT2D eigenvalue weighted by Crippen LogP contribution is -2.31. The third kappa shape index (κ3) is 3.49. The molecule has 0 spiro atoms. The van der Waals surface area contributed by atoms with Crippen molar-refractivity contribution in [1.82, 2.24) is 9.55 Å². The first-order chi connectivity index (χ1) is 12.0. The van der Waals surface area contributed by atoms with Gasteiger partial charge >= 0.3 is 5.69 Å². The van der Waals surface area contributed by atoms with Gasteiger partial charge in [0.15, 0.2) is 0 Å². The number of amides is 1. The Morgan fingerprint density at radius 2 is 1.92 bits per heavy atom. The van der Waals surface area contributed by atoms with Gasteiger partial charge < -0.3 is 5.32 Å². The Kier molecular flexibility index (Phi) is 4.72. The molecule has 0 bridgehead atoms. The van der Waals surface area contributed by atoms with Crippen LogP contribution < -0.4 is 16.6 Å². The highest BCUT2D eigenvalue weighted by Gasteiger charge is 2.10. The number of benzene rings is 2. The van der Waals surface area contributed by atoms with E-state index in [-0.39, 0.29) is 18.9 Å². The van der Waals surface area contributed by atoms with E-state index in [0.29, 0.717) is 21.6 Å². The number of aromatic amines is 1. The van der Waals surface area contributed by atoms with Crippen LogP contribution in [0.5, 0.6) is 0 Å². The number of carbonyl (C=O) groups excluding carboxylic acids is 1. The minimum Gasteiger partial charge on any atom is -0.326 e. The zero-order valence-corrected chi connectivity index (χ0v) is 14.3. The first-order valence-corrected chi connectivity index (χ1v) is 8.12. The summed E-state index contributed by atoms with van der Waals surface area (Å²) in [6.45, 7) is 1.97. The number of hydrogen-bond donors (Lipinski definition) is 2. The van der Waals surface area contributed by atoms with Gasteiger partial charge in [-0.05, 0) is 36.8 Å². The number of rotatable bonds is 4. The Hall–Kier alpha value is -2.86. The zero-order chi connectivity index (χ0) is 18.0. The average molecular weight is 358 g/mol. The highest BCUT2D eigenvalue weighted by atomic mass is 35.5. The number of aryl methyl sites for hydroxylation is 1. The number of nitrogens with one attached hydrogen (secondary N) is 2. The molecule has 1 amide bonds. The summed E-state index contributed by atoms with van der Waals surface area (Å²) in [6.07, 6.45) is 0.0852. The average Bonchev–Trinajstić information content (AvgIpc) is 2.59. The molecule has 0 saturated carbocycles. The van der Waals surface area contributed by atoms with Crippen LogP contribution in [0.2, 0.25) is 5.02 Å². The molecule has 3 aromatic rings. The SMILES string of the molecule is Cc1c(Cl)cccc1NC(=O)CCn1c(=O)[nH]c(=O)c2ccccc21. The molecule has 0 aliphatic carbocycles. The van der Waals surface area contributed by atoms with Gasteiger partial charge in [-0.2, -0.15) is 0 Å². The molecule has 1 aromatic heterocycles. The van der Waals surface area contributed by atoms with E-state index < -0.39 is 11.2 Å². The second-order valence-electron chi connectivity index (χ2n) is 5.64. The smallest absolute Gasteiger partial charge is 0.326 e. The lowest BCUT2D eigenvalue weighted by molar-refractivity contribution is -0.116. The first-order valence-electron chi connectivity index (χ1n) is 7.74. The van der Waals surface area contributed by atoms with Crippen LogP contribution in [0.15, 0.2) is 52.1 Å². The van der Waals surface area contributed by atoms with Crippen LogP contribution in [0, 0.1) is 6.92 Å². The highest BCUT2D eigenvalue weighted by Crippen LogP contribution is 2.23. The summed E-state index contributed by atoms with van der Waals surface area (Å²) >= 11 is 6.04. The number of nitrogens with zero attached hydrogens (tertiary/aromatic N) is 1. The van der Waals surface area contributed by atoms with Crippen molar-refractivity contribution in [2.24, 2.45) is 0 Å². The van der Waals surface area contributed by atoms with Crippen LogP contribution in [0.4, 0.5) is 5.69 Å². The van der Waals surface area contributed by atoms with Crippen LogP contribution in [-0.4, -0.2) is 15.5 Å².